The third-order valence-electron chi connectivity index (χ3n) is 4.72. The molecule has 162 valence electrons. The minimum absolute atomic E-state index is 0.0658. The van der Waals surface area contributed by atoms with Crippen molar-refractivity contribution in [3.8, 4) is 0 Å². The first-order chi connectivity index (χ1) is 14.8. The number of methoxy groups -OCH3 is 1. The van der Waals surface area contributed by atoms with E-state index in [-0.39, 0.29) is 23.2 Å². The standard InChI is InChI=1S/C22H21ClN2O6/c1-13(19(26)24-18-7-4-3-6-17(18)23)31-22(29)14-8-9-15-16(12-14)21(28)25(20(15)27)10-5-11-30-2/h3-4,6-9,12-13H,5,10-11H2,1-2H3,(H,24,26). The van der Waals surface area contributed by atoms with Gasteiger partial charge < -0.3 is 14.8 Å². The zero-order valence-electron chi connectivity index (χ0n) is 17.0. The first kappa shape index (κ1) is 22.5. The third kappa shape index (κ3) is 4.92. The predicted molar refractivity (Wildman–Crippen MR) is 113 cm³/mol. The largest absolute Gasteiger partial charge is 0.449 e. The van der Waals surface area contributed by atoms with Crippen LogP contribution < -0.4 is 5.32 Å². The second kappa shape index (κ2) is 9.72. The maximum atomic E-state index is 12.6. The summed E-state index contributed by atoms with van der Waals surface area (Å²) in [5.74, 6) is -2.24. The fourth-order valence-electron chi connectivity index (χ4n) is 3.07. The van der Waals surface area contributed by atoms with Crippen molar-refractivity contribution in [1.82, 2.24) is 4.90 Å². The van der Waals surface area contributed by atoms with Crippen LogP contribution in [0.1, 0.15) is 44.4 Å². The van der Waals surface area contributed by atoms with E-state index < -0.39 is 29.8 Å². The summed E-state index contributed by atoms with van der Waals surface area (Å²) in [6.45, 7) is 2.06. The molecule has 0 fully saturated rings. The summed E-state index contributed by atoms with van der Waals surface area (Å²) in [5.41, 5.74) is 0.817. The highest BCUT2D eigenvalue weighted by Gasteiger charge is 2.35. The lowest BCUT2D eigenvalue weighted by molar-refractivity contribution is -0.123. The van der Waals surface area contributed by atoms with Crippen LogP contribution in [0.2, 0.25) is 5.02 Å². The van der Waals surface area contributed by atoms with Crippen molar-refractivity contribution in [2.45, 2.75) is 19.4 Å². The molecule has 1 atom stereocenters. The Morgan fingerprint density at radius 3 is 2.52 bits per heavy atom. The van der Waals surface area contributed by atoms with Crippen molar-refractivity contribution in [3.05, 3.63) is 64.2 Å². The average molecular weight is 445 g/mol. The fourth-order valence-corrected chi connectivity index (χ4v) is 3.25. The van der Waals surface area contributed by atoms with Crippen LogP contribution in [-0.4, -0.2) is 55.0 Å². The first-order valence-electron chi connectivity index (χ1n) is 9.59. The van der Waals surface area contributed by atoms with Crippen LogP contribution in [0, 0.1) is 0 Å². The van der Waals surface area contributed by atoms with Gasteiger partial charge in [-0.1, -0.05) is 23.7 Å². The molecule has 0 radical (unpaired) electrons. The molecular weight excluding hydrogens is 424 g/mol. The normalized spacial score (nSPS) is 13.7. The Morgan fingerprint density at radius 2 is 1.81 bits per heavy atom. The van der Waals surface area contributed by atoms with E-state index in [2.05, 4.69) is 5.32 Å². The highest BCUT2D eigenvalue weighted by molar-refractivity contribution is 6.33. The van der Waals surface area contributed by atoms with Crippen LogP contribution >= 0.6 is 11.6 Å². The van der Waals surface area contributed by atoms with Gasteiger partial charge in [-0.05, 0) is 43.7 Å². The number of benzene rings is 2. The van der Waals surface area contributed by atoms with E-state index in [0.717, 1.165) is 4.90 Å². The zero-order chi connectivity index (χ0) is 22.5. The minimum atomic E-state index is -1.11. The van der Waals surface area contributed by atoms with Crippen molar-refractivity contribution in [1.29, 1.82) is 0 Å². The van der Waals surface area contributed by atoms with Gasteiger partial charge in [0.2, 0.25) is 0 Å². The summed E-state index contributed by atoms with van der Waals surface area (Å²) in [4.78, 5) is 51.0. The summed E-state index contributed by atoms with van der Waals surface area (Å²) in [6, 6.07) is 10.8. The molecule has 1 N–H and O–H groups in total. The van der Waals surface area contributed by atoms with Gasteiger partial charge in [-0.3, -0.25) is 19.3 Å². The molecule has 0 aliphatic carbocycles. The van der Waals surface area contributed by atoms with Crippen LogP contribution in [0.15, 0.2) is 42.5 Å². The molecule has 2 aromatic rings. The van der Waals surface area contributed by atoms with Crippen LogP contribution in [0.4, 0.5) is 5.69 Å². The maximum absolute atomic E-state index is 12.6. The third-order valence-corrected chi connectivity index (χ3v) is 5.05. The molecule has 2 aromatic carbocycles. The van der Waals surface area contributed by atoms with Crippen molar-refractivity contribution in [2.75, 3.05) is 25.6 Å². The molecule has 1 heterocycles. The Morgan fingerprint density at radius 1 is 1.10 bits per heavy atom. The summed E-state index contributed by atoms with van der Waals surface area (Å²) >= 11 is 6.01. The summed E-state index contributed by atoms with van der Waals surface area (Å²) in [6.07, 6.45) is -0.602. The number of imide groups is 1. The van der Waals surface area contributed by atoms with Crippen molar-refractivity contribution in [3.63, 3.8) is 0 Å². The Balaban J connectivity index is 1.67. The summed E-state index contributed by atoms with van der Waals surface area (Å²) in [7, 11) is 1.54. The molecule has 0 spiro atoms. The molecule has 0 bridgehead atoms. The molecule has 0 aromatic heterocycles. The number of hydrogen-bond acceptors (Lipinski definition) is 6. The monoisotopic (exact) mass is 444 g/mol. The molecule has 0 saturated heterocycles. The van der Waals surface area contributed by atoms with Crippen molar-refractivity contribution in [2.24, 2.45) is 0 Å². The molecule has 8 nitrogen and oxygen atoms in total. The number of nitrogens with one attached hydrogen (secondary N) is 1. The number of ether oxygens (including phenoxy) is 2. The van der Waals surface area contributed by atoms with Crippen LogP contribution in [0.25, 0.3) is 0 Å². The molecule has 1 aliphatic rings. The lowest BCUT2D eigenvalue weighted by Gasteiger charge is -2.14. The van der Waals surface area contributed by atoms with Crippen molar-refractivity contribution < 1.29 is 28.7 Å². The van der Waals surface area contributed by atoms with E-state index in [1.165, 1.54) is 32.2 Å². The van der Waals surface area contributed by atoms with E-state index >= 15 is 0 Å². The smallest absolute Gasteiger partial charge is 0.338 e. The molecule has 3 amide bonds. The van der Waals surface area contributed by atoms with Gasteiger partial charge >= 0.3 is 5.97 Å². The van der Waals surface area contributed by atoms with E-state index in [0.29, 0.717) is 23.7 Å². The Kier molecular flexibility index (Phi) is 7.04. The number of anilines is 1. The number of nitrogens with zero attached hydrogens (tertiary/aromatic N) is 1. The van der Waals surface area contributed by atoms with Gasteiger partial charge in [0.25, 0.3) is 17.7 Å². The number of carbonyl (C=O) groups excluding carboxylic acids is 4. The van der Waals surface area contributed by atoms with Gasteiger partial charge in [0, 0.05) is 20.3 Å². The Labute approximate surface area is 184 Å². The number of halogens is 1. The highest BCUT2D eigenvalue weighted by atomic mass is 35.5. The zero-order valence-corrected chi connectivity index (χ0v) is 17.8. The van der Waals surface area contributed by atoms with Gasteiger partial charge in [0.05, 0.1) is 27.4 Å². The molecular formula is C22H21ClN2O6. The fraction of sp³-hybridized carbons (Fsp3) is 0.273. The van der Waals surface area contributed by atoms with E-state index in [4.69, 9.17) is 21.1 Å². The molecule has 0 saturated carbocycles. The lowest BCUT2D eigenvalue weighted by atomic mass is 10.1. The second-order valence-electron chi connectivity index (χ2n) is 6.89. The number of para-hydroxylation sites is 1. The second-order valence-corrected chi connectivity index (χ2v) is 7.29. The number of amides is 3. The number of hydrogen-bond donors (Lipinski definition) is 1. The molecule has 1 unspecified atom stereocenters. The summed E-state index contributed by atoms with van der Waals surface area (Å²) < 4.78 is 10.2. The van der Waals surface area contributed by atoms with Gasteiger partial charge in [0.1, 0.15) is 0 Å². The van der Waals surface area contributed by atoms with Crippen LogP contribution in [0.5, 0.6) is 0 Å². The van der Waals surface area contributed by atoms with Gasteiger partial charge in [-0.15, -0.1) is 0 Å². The van der Waals surface area contributed by atoms with Gasteiger partial charge in [0.15, 0.2) is 6.10 Å². The number of carbonyl (C=O) groups is 4. The van der Waals surface area contributed by atoms with E-state index in [9.17, 15) is 19.2 Å². The predicted octanol–water partition coefficient (Wildman–Crippen LogP) is 3.16. The van der Waals surface area contributed by atoms with Gasteiger partial charge in [-0.25, -0.2) is 4.79 Å². The first-order valence-corrected chi connectivity index (χ1v) is 9.97. The number of rotatable bonds is 8. The topological polar surface area (TPSA) is 102 Å². The van der Waals surface area contributed by atoms with E-state index in [1.54, 1.807) is 24.3 Å². The Bertz CT molecular complexity index is 1040. The summed E-state index contributed by atoms with van der Waals surface area (Å²) in [5, 5.41) is 2.94. The lowest BCUT2D eigenvalue weighted by Crippen LogP contribution is -2.31. The van der Waals surface area contributed by atoms with Crippen molar-refractivity contribution >= 4 is 41.0 Å². The highest BCUT2D eigenvalue weighted by Crippen LogP contribution is 2.25. The van der Waals surface area contributed by atoms with Crippen LogP contribution in [-0.2, 0) is 14.3 Å². The maximum Gasteiger partial charge on any atom is 0.338 e. The van der Waals surface area contributed by atoms with Crippen LogP contribution in [0.3, 0.4) is 0 Å². The minimum Gasteiger partial charge on any atom is -0.449 e. The molecule has 1 aliphatic heterocycles. The molecule has 9 heteroatoms. The Hall–Kier alpha value is -3.23. The molecule has 31 heavy (non-hydrogen) atoms. The number of esters is 1. The number of fused-ring (bicyclic) bond motifs is 1. The van der Waals surface area contributed by atoms with Gasteiger partial charge in [-0.2, -0.15) is 0 Å². The average Bonchev–Trinajstić information content (AvgIpc) is 2.99. The SMILES string of the molecule is COCCCN1C(=O)c2ccc(C(=O)OC(C)C(=O)Nc3ccccc3Cl)cc2C1=O. The molecule has 3 rings (SSSR count). The van der Waals surface area contributed by atoms with E-state index in [1.807, 2.05) is 0 Å². The quantitative estimate of drug-likeness (QED) is 0.381.